The van der Waals surface area contributed by atoms with E-state index in [4.69, 9.17) is 0 Å². The second-order valence-electron chi connectivity index (χ2n) is 8.90. The average molecular weight is 508 g/mol. The molecule has 0 bridgehead atoms. The van der Waals surface area contributed by atoms with Gasteiger partial charge in [0.05, 0.1) is 5.52 Å². The summed E-state index contributed by atoms with van der Waals surface area (Å²) in [6, 6.07) is 31.0. The maximum absolute atomic E-state index is 13.9. The number of fused-ring (bicyclic) bond motifs is 1. The summed E-state index contributed by atoms with van der Waals surface area (Å²) in [5, 5.41) is 11.3. The van der Waals surface area contributed by atoms with Gasteiger partial charge in [0.25, 0.3) is 0 Å². The van der Waals surface area contributed by atoms with E-state index in [1.165, 1.54) is 33.8 Å². The Hall–Kier alpha value is -4.85. The number of aromatic nitrogens is 3. The number of benzene rings is 4. The highest BCUT2D eigenvalue weighted by Crippen LogP contribution is 2.25. The lowest BCUT2D eigenvalue weighted by molar-refractivity contribution is -0.142. The van der Waals surface area contributed by atoms with Crippen LogP contribution in [0.5, 0.6) is 0 Å². The van der Waals surface area contributed by atoms with E-state index in [9.17, 15) is 14.0 Å². The first kappa shape index (κ1) is 24.8. The molecule has 0 radical (unpaired) electrons. The van der Waals surface area contributed by atoms with Crippen molar-refractivity contribution in [2.45, 2.75) is 25.7 Å². The van der Waals surface area contributed by atoms with Gasteiger partial charge >= 0.3 is 0 Å². The molecule has 1 aromatic heterocycles. The number of amides is 2. The largest absolute Gasteiger partial charge is 0.350 e. The molecule has 1 N–H and O–H groups in total. The highest BCUT2D eigenvalue weighted by Gasteiger charge is 2.32. The van der Waals surface area contributed by atoms with Gasteiger partial charge in [-0.2, -0.15) is 0 Å². The number of nitrogens with zero attached hydrogens (tertiary/aromatic N) is 4. The Morgan fingerprint density at radius 3 is 2.16 bits per heavy atom. The molecule has 1 atom stereocenters. The number of halogens is 1. The van der Waals surface area contributed by atoms with E-state index in [1.807, 2.05) is 84.9 Å². The van der Waals surface area contributed by atoms with Crippen molar-refractivity contribution < 1.29 is 14.0 Å². The van der Waals surface area contributed by atoms with Gasteiger partial charge in [-0.3, -0.25) is 9.59 Å². The summed E-state index contributed by atoms with van der Waals surface area (Å²) in [6.07, 6.45) is 0. The summed E-state index contributed by atoms with van der Waals surface area (Å²) >= 11 is 0. The fourth-order valence-corrected chi connectivity index (χ4v) is 4.36. The Balaban J connectivity index is 1.50. The molecule has 0 aliphatic heterocycles. The van der Waals surface area contributed by atoms with E-state index in [0.29, 0.717) is 23.1 Å². The highest BCUT2D eigenvalue weighted by molar-refractivity contribution is 5.89. The van der Waals surface area contributed by atoms with Gasteiger partial charge in [-0.05, 0) is 41.0 Å². The lowest BCUT2D eigenvalue weighted by atomic mass is 10.0. The molecule has 7 nitrogen and oxygen atoms in total. The van der Waals surface area contributed by atoms with Crippen LogP contribution in [0.4, 0.5) is 4.39 Å². The maximum Gasteiger partial charge on any atom is 0.247 e. The quantitative estimate of drug-likeness (QED) is 0.315. The molecular weight excluding hydrogens is 481 g/mol. The van der Waals surface area contributed by atoms with E-state index < -0.39 is 11.9 Å². The van der Waals surface area contributed by atoms with Crippen LogP contribution < -0.4 is 5.32 Å². The fourth-order valence-electron chi connectivity index (χ4n) is 4.36. The van der Waals surface area contributed by atoms with Crippen molar-refractivity contribution in [3.05, 3.63) is 132 Å². The molecule has 0 aliphatic carbocycles. The standard InChI is InChI=1S/C30H26FN5O2/c31-25-17-15-24(16-18-25)29(30(38)32-19-22-9-3-1-4-10-22)35(20-23-11-5-2-6-12-23)28(37)21-36-27-14-8-7-13-26(27)33-34-36/h1-18,29H,19-21H2,(H,32,38). The number of para-hydroxylation sites is 1. The Morgan fingerprint density at radius 2 is 1.45 bits per heavy atom. The molecule has 8 heteroatoms. The van der Waals surface area contributed by atoms with Crippen molar-refractivity contribution in [3.63, 3.8) is 0 Å². The molecule has 190 valence electrons. The van der Waals surface area contributed by atoms with Crippen LogP contribution >= 0.6 is 0 Å². The molecule has 1 heterocycles. The monoisotopic (exact) mass is 507 g/mol. The molecule has 4 aromatic carbocycles. The van der Waals surface area contributed by atoms with Crippen molar-refractivity contribution in [2.75, 3.05) is 0 Å². The van der Waals surface area contributed by atoms with Crippen LogP contribution in [-0.4, -0.2) is 31.7 Å². The van der Waals surface area contributed by atoms with E-state index in [-0.39, 0.29) is 24.9 Å². The van der Waals surface area contributed by atoms with Crippen LogP contribution in [-0.2, 0) is 29.2 Å². The number of rotatable bonds is 9. The average Bonchev–Trinajstić information content (AvgIpc) is 3.36. The first-order chi connectivity index (χ1) is 18.6. The molecule has 0 saturated heterocycles. The van der Waals surface area contributed by atoms with Gasteiger partial charge in [-0.1, -0.05) is 90.1 Å². The van der Waals surface area contributed by atoms with Crippen LogP contribution in [0, 0.1) is 5.82 Å². The van der Waals surface area contributed by atoms with E-state index in [2.05, 4.69) is 15.6 Å². The summed E-state index contributed by atoms with van der Waals surface area (Å²) in [5.74, 6) is -1.12. The molecular formula is C30H26FN5O2. The van der Waals surface area contributed by atoms with Crippen LogP contribution in [0.25, 0.3) is 11.0 Å². The second kappa shape index (κ2) is 11.5. The normalized spacial score (nSPS) is 11.7. The zero-order chi connectivity index (χ0) is 26.3. The summed E-state index contributed by atoms with van der Waals surface area (Å²) in [6.45, 7) is 0.350. The fraction of sp³-hybridized carbons (Fsp3) is 0.133. The Bertz CT molecular complexity index is 1520. The topological polar surface area (TPSA) is 80.1 Å². The van der Waals surface area contributed by atoms with Crippen molar-refractivity contribution >= 4 is 22.8 Å². The van der Waals surface area contributed by atoms with E-state index in [1.54, 1.807) is 0 Å². The minimum Gasteiger partial charge on any atom is -0.350 e. The molecule has 5 aromatic rings. The predicted octanol–water partition coefficient (Wildman–Crippen LogP) is 4.66. The van der Waals surface area contributed by atoms with E-state index in [0.717, 1.165) is 11.1 Å². The van der Waals surface area contributed by atoms with Crippen molar-refractivity contribution in [2.24, 2.45) is 0 Å². The molecule has 0 fully saturated rings. The van der Waals surface area contributed by atoms with Gasteiger partial charge < -0.3 is 10.2 Å². The third-order valence-electron chi connectivity index (χ3n) is 6.28. The molecule has 0 aliphatic rings. The molecule has 1 unspecified atom stereocenters. The van der Waals surface area contributed by atoms with Crippen molar-refractivity contribution in [3.8, 4) is 0 Å². The third-order valence-corrected chi connectivity index (χ3v) is 6.28. The number of hydrogen-bond donors (Lipinski definition) is 1. The Labute approximate surface area is 219 Å². The van der Waals surface area contributed by atoms with Crippen molar-refractivity contribution in [1.29, 1.82) is 0 Å². The molecule has 2 amide bonds. The summed E-state index contributed by atoms with van der Waals surface area (Å²) in [5.41, 5.74) is 3.67. The number of hydrogen-bond acceptors (Lipinski definition) is 4. The van der Waals surface area contributed by atoms with Gasteiger partial charge in [0.2, 0.25) is 11.8 Å². The number of nitrogens with one attached hydrogen (secondary N) is 1. The third kappa shape index (κ3) is 5.75. The molecule has 0 spiro atoms. The van der Waals surface area contributed by atoms with Gasteiger partial charge in [0.1, 0.15) is 23.9 Å². The lowest BCUT2D eigenvalue weighted by Crippen LogP contribution is -2.44. The van der Waals surface area contributed by atoms with Crippen LogP contribution in [0.2, 0.25) is 0 Å². The predicted molar refractivity (Wildman–Crippen MR) is 142 cm³/mol. The number of carbonyl (C=O) groups is 2. The Morgan fingerprint density at radius 1 is 0.816 bits per heavy atom. The zero-order valence-electron chi connectivity index (χ0n) is 20.6. The summed E-state index contributed by atoms with van der Waals surface area (Å²) in [7, 11) is 0. The highest BCUT2D eigenvalue weighted by atomic mass is 19.1. The first-order valence-electron chi connectivity index (χ1n) is 12.3. The van der Waals surface area contributed by atoms with Crippen LogP contribution in [0.3, 0.4) is 0 Å². The Kier molecular flexibility index (Phi) is 7.49. The van der Waals surface area contributed by atoms with Crippen LogP contribution in [0.15, 0.2) is 109 Å². The number of carbonyl (C=O) groups excluding carboxylic acids is 2. The summed E-state index contributed by atoms with van der Waals surface area (Å²) < 4.78 is 15.4. The van der Waals surface area contributed by atoms with Gasteiger partial charge in [0, 0.05) is 13.1 Å². The molecule has 5 rings (SSSR count). The lowest BCUT2D eigenvalue weighted by Gasteiger charge is -2.31. The van der Waals surface area contributed by atoms with Crippen molar-refractivity contribution in [1.82, 2.24) is 25.2 Å². The van der Waals surface area contributed by atoms with Crippen LogP contribution in [0.1, 0.15) is 22.7 Å². The molecule has 0 saturated carbocycles. The first-order valence-corrected chi connectivity index (χ1v) is 12.3. The minimum absolute atomic E-state index is 0.114. The second-order valence-corrected chi connectivity index (χ2v) is 8.90. The summed E-state index contributed by atoms with van der Waals surface area (Å²) in [4.78, 5) is 29.1. The molecule has 38 heavy (non-hydrogen) atoms. The maximum atomic E-state index is 13.9. The van der Waals surface area contributed by atoms with E-state index >= 15 is 0 Å². The van der Waals surface area contributed by atoms with Gasteiger partial charge in [0.15, 0.2) is 0 Å². The van der Waals surface area contributed by atoms with Gasteiger partial charge in [-0.25, -0.2) is 9.07 Å². The zero-order valence-corrected chi connectivity index (χ0v) is 20.6. The van der Waals surface area contributed by atoms with Gasteiger partial charge in [-0.15, -0.1) is 5.10 Å². The SMILES string of the molecule is O=C(NCc1ccccc1)C(c1ccc(F)cc1)N(Cc1ccccc1)C(=O)Cn1nnc2ccccc21. The smallest absolute Gasteiger partial charge is 0.247 e. The minimum atomic E-state index is -0.998.